The molecule has 2 aromatic heterocycles. The van der Waals surface area contributed by atoms with Gasteiger partial charge in [-0.1, -0.05) is 17.1 Å². The number of amides is 2. The maximum Gasteiger partial charge on any atom is 0.352 e. The molecule has 224 valence electrons. The lowest BCUT2D eigenvalue weighted by atomic mass is 10.0. The SMILES string of the molecule is CCC[n+]1c(N)cc(N)nc1SCC1=C(C(=O)O)N2C(=O)C(NC(=O)/C(=N\O[C@H](C)C(=O)O)c3csc(N)n3)C2SC1. The summed E-state index contributed by atoms with van der Waals surface area (Å²) in [7, 11) is 0. The highest BCUT2D eigenvalue weighted by molar-refractivity contribution is 8.01. The average molecular weight is 639 g/mol. The zero-order chi connectivity index (χ0) is 30.7. The van der Waals surface area contributed by atoms with E-state index in [1.807, 2.05) is 6.92 Å². The van der Waals surface area contributed by atoms with Crippen LogP contribution in [-0.4, -0.2) is 83.6 Å². The lowest BCUT2D eigenvalue weighted by Gasteiger charge is -2.49. The van der Waals surface area contributed by atoms with Crippen molar-refractivity contribution < 1.29 is 38.8 Å². The fourth-order valence-electron chi connectivity index (χ4n) is 4.03. The molecule has 19 heteroatoms. The van der Waals surface area contributed by atoms with E-state index in [1.54, 1.807) is 10.6 Å². The quantitative estimate of drug-likeness (QED) is 0.0436. The average Bonchev–Trinajstić information content (AvgIpc) is 3.36. The number of carbonyl (C=O) groups excluding carboxylic acids is 2. The number of nitrogens with one attached hydrogen (secondary N) is 1. The number of oxime groups is 1. The zero-order valence-corrected chi connectivity index (χ0v) is 24.8. The van der Waals surface area contributed by atoms with Gasteiger partial charge in [-0.15, -0.1) is 23.1 Å². The highest BCUT2D eigenvalue weighted by atomic mass is 32.2. The van der Waals surface area contributed by atoms with E-state index < -0.39 is 41.3 Å². The van der Waals surface area contributed by atoms with E-state index in [1.165, 1.54) is 35.8 Å². The first-order valence-corrected chi connectivity index (χ1v) is 15.3. The van der Waals surface area contributed by atoms with Crippen molar-refractivity contribution in [3.05, 3.63) is 28.4 Å². The first kappa shape index (κ1) is 30.8. The number of β-lactam (4-membered cyclic amide) rings is 1. The Morgan fingerprint density at radius 3 is 2.67 bits per heavy atom. The molecule has 16 nitrogen and oxygen atoms in total. The van der Waals surface area contributed by atoms with Crippen molar-refractivity contribution >= 4 is 81.1 Å². The highest BCUT2D eigenvalue weighted by Gasteiger charge is 2.54. The molecule has 2 aliphatic rings. The lowest BCUT2D eigenvalue weighted by molar-refractivity contribution is -0.723. The monoisotopic (exact) mass is 638 g/mol. The molecular formula is C23H28N9O7S3+. The van der Waals surface area contributed by atoms with E-state index in [9.17, 15) is 24.3 Å². The third kappa shape index (κ3) is 6.36. The number of carboxylic acids is 2. The van der Waals surface area contributed by atoms with Crippen LogP contribution in [0.5, 0.6) is 0 Å². The summed E-state index contributed by atoms with van der Waals surface area (Å²) in [6, 6.07) is 0.472. The minimum Gasteiger partial charge on any atom is -0.478 e. The molecule has 0 saturated carbocycles. The van der Waals surface area contributed by atoms with Gasteiger partial charge in [0.2, 0.25) is 17.7 Å². The van der Waals surface area contributed by atoms with Crippen LogP contribution in [0.2, 0.25) is 0 Å². The van der Waals surface area contributed by atoms with Crippen LogP contribution in [0.4, 0.5) is 16.8 Å². The Kier molecular flexibility index (Phi) is 9.42. The minimum atomic E-state index is -1.37. The summed E-state index contributed by atoms with van der Waals surface area (Å²) >= 11 is 3.56. The van der Waals surface area contributed by atoms with Gasteiger partial charge in [0.1, 0.15) is 22.8 Å². The molecule has 1 saturated heterocycles. The van der Waals surface area contributed by atoms with Crippen LogP contribution in [0.3, 0.4) is 0 Å². The van der Waals surface area contributed by atoms with Crippen molar-refractivity contribution in [3.8, 4) is 0 Å². The molecule has 0 spiro atoms. The van der Waals surface area contributed by atoms with Crippen LogP contribution in [0.15, 0.2) is 33.0 Å². The van der Waals surface area contributed by atoms with E-state index in [2.05, 4.69) is 20.4 Å². The first-order chi connectivity index (χ1) is 19.9. The Morgan fingerprint density at radius 2 is 2.05 bits per heavy atom. The predicted molar refractivity (Wildman–Crippen MR) is 155 cm³/mol. The number of carboxylic acid groups (broad SMARTS) is 2. The van der Waals surface area contributed by atoms with Crippen molar-refractivity contribution in [2.24, 2.45) is 5.16 Å². The van der Waals surface area contributed by atoms with Gasteiger partial charge in [-0.05, 0) is 30.7 Å². The summed E-state index contributed by atoms with van der Waals surface area (Å²) in [6.45, 7) is 3.79. The van der Waals surface area contributed by atoms with E-state index >= 15 is 0 Å². The highest BCUT2D eigenvalue weighted by Crippen LogP contribution is 2.41. The molecule has 4 rings (SSSR count). The molecule has 0 radical (unpaired) electrons. The zero-order valence-electron chi connectivity index (χ0n) is 22.3. The Hall–Kier alpha value is -4.10. The number of thioether (sulfide) groups is 2. The second-order valence-corrected chi connectivity index (χ2v) is 12.0. The fourth-order valence-corrected chi connectivity index (χ4v) is 7.12. The number of nitrogens with two attached hydrogens (primary N) is 3. The number of rotatable bonds is 12. The van der Waals surface area contributed by atoms with Crippen LogP contribution in [0.1, 0.15) is 26.0 Å². The van der Waals surface area contributed by atoms with Crippen LogP contribution < -0.4 is 27.1 Å². The normalized spacial score (nSPS) is 19.1. The van der Waals surface area contributed by atoms with Gasteiger partial charge in [-0.3, -0.25) is 14.5 Å². The molecule has 0 aromatic carbocycles. The molecular weight excluding hydrogens is 611 g/mol. The molecule has 2 unspecified atom stereocenters. The maximum absolute atomic E-state index is 13.2. The molecule has 2 aliphatic heterocycles. The van der Waals surface area contributed by atoms with Crippen molar-refractivity contribution in [2.75, 3.05) is 28.7 Å². The molecule has 4 heterocycles. The van der Waals surface area contributed by atoms with Gasteiger partial charge < -0.3 is 37.6 Å². The van der Waals surface area contributed by atoms with Crippen LogP contribution >= 0.6 is 34.9 Å². The van der Waals surface area contributed by atoms with Gasteiger partial charge in [0, 0.05) is 16.9 Å². The number of nitrogen functional groups attached to an aromatic ring is 3. The van der Waals surface area contributed by atoms with Crippen LogP contribution in [0, 0.1) is 0 Å². The second kappa shape index (κ2) is 12.8. The summed E-state index contributed by atoms with van der Waals surface area (Å²) in [5.41, 5.74) is 17.6. The minimum absolute atomic E-state index is 0.0223. The molecule has 0 aliphatic carbocycles. The largest absolute Gasteiger partial charge is 0.478 e. The number of carbonyl (C=O) groups is 4. The summed E-state index contributed by atoms with van der Waals surface area (Å²) in [4.78, 5) is 64.1. The standard InChI is InChI=1S/C23H27N9O7S3/c1-3-4-31-13(25)5-12(24)28-23(31)42-7-10-6-40-19-15(18(34)32(19)16(10)21(37)38)29-17(33)14(11-8-41-22(26)27-11)30-39-9(2)20(35)36/h5,8-9,15,19H,3-4,6-7H2,1-2H3,(H8,24,25,26,27,29,33,35,36,37,38)/p+1/b30-14-/t9-,15?,19?/m1/s1. The second-order valence-electron chi connectivity index (χ2n) is 9.04. The van der Waals surface area contributed by atoms with Crippen molar-refractivity contribution in [3.63, 3.8) is 0 Å². The van der Waals surface area contributed by atoms with E-state index in [4.69, 9.17) is 27.1 Å². The molecule has 1 fully saturated rings. The topological polar surface area (TPSA) is 253 Å². The fraction of sp³-hybridized carbons (Fsp3) is 0.391. The van der Waals surface area contributed by atoms with Gasteiger partial charge in [-0.2, -0.15) is 0 Å². The van der Waals surface area contributed by atoms with E-state index in [-0.39, 0.29) is 39.6 Å². The van der Waals surface area contributed by atoms with Gasteiger partial charge in [0.15, 0.2) is 10.8 Å². The number of fused-ring (bicyclic) bond motifs is 1. The third-order valence-electron chi connectivity index (χ3n) is 6.05. The van der Waals surface area contributed by atoms with Crippen molar-refractivity contribution in [1.82, 2.24) is 20.2 Å². The number of hydrogen-bond acceptors (Lipinski definition) is 14. The van der Waals surface area contributed by atoms with E-state index in [0.717, 1.165) is 22.7 Å². The Morgan fingerprint density at radius 1 is 1.31 bits per heavy atom. The van der Waals surface area contributed by atoms with E-state index in [0.29, 0.717) is 23.1 Å². The summed E-state index contributed by atoms with van der Waals surface area (Å²) in [5.74, 6) is -2.96. The van der Waals surface area contributed by atoms with Crippen LogP contribution in [0.25, 0.3) is 0 Å². The number of nitrogens with zero attached hydrogens (tertiary/aromatic N) is 5. The Balaban J connectivity index is 1.52. The number of aromatic nitrogens is 3. The Labute approximate surface area is 251 Å². The van der Waals surface area contributed by atoms with Crippen molar-refractivity contribution in [2.45, 2.75) is 49.5 Å². The Bertz CT molecular complexity index is 1500. The number of thiazole rings is 1. The predicted octanol–water partition coefficient (Wildman–Crippen LogP) is -0.293. The first-order valence-electron chi connectivity index (χ1n) is 12.4. The lowest BCUT2D eigenvalue weighted by Crippen LogP contribution is -2.71. The third-order valence-corrected chi connectivity index (χ3v) is 9.13. The van der Waals surface area contributed by atoms with Gasteiger partial charge in [-0.25, -0.2) is 19.1 Å². The van der Waals surface area contributed by atoms with Gasteiger partial charge >= 0.3 is 17.1 Å². The van der Waals surface area contributed by atoms with Gasteiger partial charge in [0.05, 0.1) is 12.6 Å². The molecule has 42 heavy (non-hydrogen) atoms. The number of anilines is 3. The van der Waals surface area contributed by atoms with Crippen LogP contribution in [-0.2, 0) is 30.6 Å². The molecule has 0 bridgehead atoms. The number of aliphatic carboxylic acids is 2. The summed E-state index contributed by atoms with van der Waals surface area (Å²) < 4.78 is 1.79. The summed E-state index contributed by atoms with van der Waals surface area (Å²) in [5, 5.41) is 26.7. The van der Waals surface area contributed by atoms with Crippen molar-refractivity contribution in [1.29, 1.82) is 0 Å². The number of hydrogen-bond donors (Lipinski definition) is 6. The molecule has 9 N–H and O–H groups in total. The molecule has 2 amide bonds. The maximum atomic E-state index is 13.2. The molecule has 3 atom stereocenters. The summed E-state index contributed by atoms with van der Waals surface area (Å²) in [6.07, 6.45) is -0.578. The molecule has 2 aromatic rings. The smallest absolute Gasteiger partial charge is 0.352 e. The van der Waals surface area contributed by atoms with Gasteiger partial charge in [0.25, 0.3) is 11.8 Å².